The SMILES string of the molecule is C1=C2CC3CC4Cc5ccc6n5C34N2C(C1)C6. The molecular weight excluding hydrogens is 208 g/mol. The van der Waals surface area contributed by atoms with Crippen molar-refractivity contribution in [2.24, 2.45) is 11.8 Å². The number of nitrogens with zero attached hydrogens (tertiary/aromatic N) is 2. The predicted octanol–water partition coefficient (Wildman–Crippen LogP) is 2.25. The van der Waals surface area contributed by atoms with Crippen LogP contribution in [0.5, 0.6) is 0 Å². The molecule has 4 unspecified atom stereocenters. The highest BCUT2D eigenvalue weighted by Crippen LogP contribution is 2.68. The Morgan fingerprint density at radius 1 is 1.06 bits per heavy atom. The minimum atomic E-state index is 0.430. The Labute approximate surface area is 101 Å². The van der Waals surface area contributed by atoms with E-state index in [2.05, 4.69) is 27.7 Å². The van der Waals surface area contributed by atoms with E-state index in [-0.39, 0.29) is 0 Å². The second-order valence-corrected chi connectivity index (χ2v) is 6.63. The van der Waals surface area contributed by atoms with E-state index in [1.54, 1.807) is 17.1 Å². The third-order valence-electron chi connectivity index (χ3n) is 6.21. The van der Waals surface area contributed by atoms with Crippen LogP contribution in [0.15, 0.2) is 23.9 Å². The lowest BCUT2D eigenvalue weighted by atomic mass is 9.63. The summed E-state index contributed by atoms with van der Waals surface area (Å²) in [5.74, 6) is 1.85. The van der Waals surface area contributed by atoms with Crippen LogP contribution in [0.4, 0.5) is 0 Å². The van der Waals surface area contributed by atoms with Crippen LogP contribution in [0.3, 0.4) is 0 Å². The summed E-state index contributed by atoms with van der Waals surface area (Å²) in [5, 5.41) is 0. The molecule has 86 valence electrons. The maximum absolute atomic E-state index is 2.86. The molecule has 0 bridgehead atoms. The Morgan fingerprint density at radius 2 is 1.88 bits per heavy atom. The fourth-order valence-corrected chi connectivity index (χ4v) is 5.84. The van der Waals surface area contributed by atoms with Crippen molar-refractivity contribution in [1.29, 1.82) is 0 Å². The van der Waals surface area contributed by atoms with Gasteiger partial charge >= 0.3 is 0 Å². The van der Waals surface area contributed by atoms with Gasteiger partial charge in [0.1, 0.15) is 5.66 Å². The van der Waals surface area contributed by atoms with Crippen LogP contribution in [0.2, 0.25) is 0 Å². The van der Waals surface area contributed by atoms with Crippen molar-refractivity contribution in [3.63, 3.8) is 0 Å². The van der Waals surface area contributed by atoms with E-state index in [0.29, 0.717) is 5.66 Å². The van der Waals surface area contributed by atoms with Crippen molar-refractivity contribution in [2.75, 3.05) is 0 Å². The molecule has 2 nitrogen and oxygen atoms in total. The van der Waals surface area contributed by atoms with Gasteiger partial charge in [-0.25, -0.2) is 0 Å². The van der Waals surface area contributed by atoms with E-state index in [9.17, 15) is 0 Å². The van der Waals surface area contributed by atoms with E-state index < -0.39 is 0 Å². The lowest BCUT2D eigenvalue weighted by Crippen LogP contribution is -2.64. The van der Waals surface area contributed by atoms with Crippen LogP contribution in [0.1, 0.15) is 30.7 Å². The maximum atomic E-state index is 2.86. The van der Waals surface area contributed by atoms with Gasteiger partial charge in [0.25, 0.3) is 0 Å². The molecule has 17 heavy (non-hydrogen) atoms. The quantitative estimate of drug-likeness (QED) is 0.656. The van der Waals surface area contributed by atoms with Crippen molar-refractivity contribution < 1.29 is 0 Å². The van der Waals surface area contributed by atoms with E-state index >= 15 is 0 Å². The number of hydrogen-bond acceptors (Lipinski definition) is 1. The zero-order valence-electron chi connectivity index (χ0n) is 9.89. The van der Waals surface area contributed by atoms with Gasteiger partial charge in [-0.05, 0) is 37.8 Å². The van der Waals surface area contributed by atoms with Crippen LogP contribution >= 0.6 is 0 Å². The molecule has 4 atom stereocenters. The first-order chi connectivity index (χ1) is 8.39. The number of allylic oxidation sites excluding steroid dienone is 1. The lowest BCUT2D eigenvalue weighted by molar-refractivity contribution is -0.117. The van der Waals surface area contributed by atoms with Crippen molar-refractivity contribution in [2.45, 2.75) is 43.8 Å². The van der Waals surface area contributed by atoms with Gasteiger partial charge in [-0.1, -0.05) is 6.08 Å². The lowest BCUT2D eigenvalue weighted by Gasteiger charge is -2.58. The maximum Gasteiger partial charge on any atom is 0.123 e. The first-order valence-electron chi connectivity index (χ1n) is 7.07. The summed E-state index contributed by atoms with van der Waals surface area (Å²) in [7, 11) is 0. The third-order valence-corrected chi connectivity index (χ3v) is 6.21. The van der Waals surface area contributed by atoms with Crippen LogP contribution in [0.25, 0.3) is 0 Å². The molecule has 0 aromatic carbocycles. The Balaban J connectivity index is 1.75. The van der Waals surface area contributed by atoms with Gasteiger partial charge < -0.3 is 9.47 Å². The molecule has 0 N–H and O–H groups in total. The van der Waals surface area contributed by atoms with E-state index in [0.717, 1.165) is 17.9 Å². The summed E-state index contributed by atoms with van der Waals surface area (Å²) < 4.78 is 2.76. The molecule has 1 aromatic heterocycles. The zero-order chi connectivity index (χ0) is 10.8. The van der Waals surface area contributed by atoms with Gasteiger partial charge in [-0.2, -0.15) is 0 Å². The molecular formula is C15H16N2. The molecule has 1 saturated heterocycles. The van der Waals surface area contributed by atoms with Gasteiger partial charge in [0, 0.05) is 41.4 Å². The molecule has 5 heterocycles. The van der Waals surface area contributed by atoms with Crippen molar-refractivity contribution in [3.05, 3.63) is 35.3 Å². The smallest absolute Gasteiger partial charge is 0.123 e. The molecule has 5 aliphatic rings. The highest BCUT2D eigenvalue weighted by atomic mass is 15.5. The molecule has 1 spiro atoms. The van der Waals surface area contributed by atoms with Crippen LogP contribution in [-0.4, -0.2) is 15.5 Å². The van der Waals surface area contributed by atoms with Gasteiger partial charge in [-0.15, -0.1) is 0 Å². The second kappa shape index (κ2) is 2.09. The molecule has 6 rings (SSSR count). The molecule has 1 saturated carbocycles. The van der Waals surface area contributed by atoms with E-state index in [1.807, 2.05) is 0 Å². The van der Waals surface area contributed by atoms with Gasteiger partial charge in [0.2, 0.25) is 0 Å². The Bertz CT molecular complexity index is 596. The highest BCUT2D eigenvalue weighted by molar-refractivity contribution is 5.39. The largest absolute Gasteiger partial charge is 0.348 e. The third kappa shape index (κ3) is 0.580. The second-order valence-electron chi connectivity index (χ2n) is 6.63. The summed E-state index contributed by atoms with van der Waals surface area (Å²) in [5.41, 5.74) is 5.37. The number of rotatable bonds is 0. The summed E-state index contributed by atoms with van der Waals surface area (Å²) >= 11 is 0. The minimum absolute atomic E-state index is 0.430. The Kier molecular flexibility index (Phi) is 0.984. The van der Waals surface area contributed by atoms with Crippen molar-refractivity contribution in [1.82, 2.24) is 9.47 Å². The molecule has 4 aliphatic heterocycles. The molecule has 1 aromatic rings. The monoisotopic (exact) mass is 224 g/mol. The predicted molar refractivity (Wildman–Crippen MR) is 64.4 cm³/mol. The molecule has 2 heteroatoms. The fraction of sp³-hybridized carbons (Fsp3) is 0.600. The van der Waals surface area contributed by atoms with Crippen molar-refractivity contribution >= 4 is 0 Å². The highest BCUT2D eigenvalue weighted by Gasteiger charge is 2.70. The molecule has 0 amide bonds. The molecule has 0 radical (unpaired) electrons. The van der Waals surface area contributed by atoms with Crippen LogP contribution in [0, 0.1) is 11.8 Å². The zero-order valence-corrected chi connectivity index (χ0v) is 9.89. The number of hydrogen-bond donors (Lipinski definition) is 0. The van der Waals surface area contributed by atoms with Crippen molar-refractivity contribution in [3.8, 4) is 0 Å². The van der Waals surface area contributed by atoms with E-state index in [1.165, 1.54) is 32.1 Å². The van der Waals surface area contributed by atoms with E-state index in [4.69, 9.17) is 0 Å². The van der Waals surface area contributed by atoms with Crippen LogP contribution in [-0.2, 0) is 18.5 Å². The normalized spacial score (nSPS) is 46.7. The average molecular weight is 224 g/mol. The first kappa shape index (κ1) is 8.02. The Hall–Kier alpha value is -1.18. The summed E-state index contributed by atoms with van der Waals surface area (Å²) in [6.45, 7) is 0. The summed E-state index contributed by atoms with van der Waals surface area (Å²) in [6, 6.07) is 5.61. The van der Waals surface area contributed by atoms with Crippen LogP contribution < -0.4 is 0 Å². The standard InChI is InChI=1S/C15H16N2/c1-3-13-8-14-4-2-12-7-10-5-9-6-11(1)16(13)15(9,10)17(12)14/h1-3,9-10,14H,4-8H2. The van der Waals surface area contributed by atoms with Gasteiger partial charge in [0.15, 0.2) is 0 Å². The van der Waals surface area contributed by atoms with Gasteiger partial charge in [-0.3, -0.25) is 0 Å². The first-order valence-corrected chi connectivity index (χ1v) is 7.07. The average Bonchev–Trinajstić information content (AvgIpc) is 3.00. The topological polar surface area (TPSA) is 8.17 Å². The summed E-state index contributed by atoms with van der Waals surface area (Å²) in [6.07, 6.45) is 9.30. The molecule has 1 aliphatic carbocycles. The minimum Gasteiger partial charge on any atom is -0.348 e. The molecule has 2 fully saturated rings. The number of aromatic nitrogens is 1. The van der Waals surface area contributed by atoms with Gasteiger partial charge in [0.05, 0.1) is 0 Å². The Morgan fingerprint density at radius 3 is 2.82 bits per heavy atom. The fourth-order valence-electron chi connectivity index (χ4n) is 5.84. The summed E-state index contributed by atoms with van der Waals surface area (Å²) in [4.78, 5) is 2.86.